The zero-order valence-electron chi connectivity index (χ0n) is 16.1. The van der Waals surface area contributed by atoms with Crippen molar-refractivity contribution in [3.05, 3.63) is 46.2 Å². The Morgan fingerprint density at radius 1 is 1.14 bits per heavy atom. The van der Waals surface area contributed by atoms with Crippen molar-refractivity contribution in [3.8, 4) is 11.5 Å². The van der Waals surface area contributed by atoms with Crippen LogP contribution in [0.15, 0.2) is 35.7 Å². The molecule has 0 radical (unpaired) electrons. The number of amides is 1. The van der Waals surface area contributed by atoms with Gasteiger partial charge in [0.15, 0.2) is 21.3 Å². The molecule has 2 heterocycles. The fraction of sp³-hybridized carbons (Fsp3) is 0.450. The van der Waals surface area contributed by atoms with Gasteiger partial charge in [0.2, 0.25) is 0 Å². The average Bonchev–Trinajstić information content (AvgIpc) is 3.14. The number of rotatable bonds is 6. The Labute approximate surface area is 170 Å². The molecule has 1 atom stereocenters. The second-order valence-corrected chi connectivity index (χ2v) is 9.76. The molecule has 2 aromatic rings. The highest BCUT2D eigenvalue weighted by atomic mass is 32.2. The molecule has 1 unspecified atom stereocenters. The Morgan fingerprint density at radius 2 is 1.89 bits per heavy atom. The van der Waals surface area contributed by atoms with E-state index in [9.17, 15) is 13.2 Å². The number of hydrogen-bond donors (Lipinski definition) is 0. The normalized spacial score (nSPS) is 19.1. The maximum Gasteiger partial charge on any atom is 0.254 e. The Hall–Kier alpha value is -2.06. The van der Waals surface area contributed by atoms with Crippen molar-refractivity contribution in [2.75, 3.05) is 32.1 Å². The molecule has 152 valence electrons. The molecule has 6 nitrogen and oxygen atoms in total. The Balaban J connectivity index is 1.80. The number of nitrogens with zero attached hydrogens (tertiary/aromatic N) is 1. The number of carbonyl (C=O) groups excluding carboxylic acids is 1. The van der Waals surface area contributed by atoms with Gasteiger partial charge in [0.1, 0.15) is 0 Å². The third kappa shape index (κ3) is 4.50. The van der Waals surface area contributed by atoms with E-state index in [-0.39, 0.29) is 18.2 Å². The summed E-state index contributed by atoms with van der Waals surface area (Å²) in [6.45, 7) is 5.31. The first-order valence-electron chi connectivity index (χ1n) is 9.40. The van der Waals surface area contributed by atoms with Crippen LogP contribution in [0.4, 0.5) is 0 Å². The second kappa shape index (κ2) is 8.96. The van der Waals surface area contributed by atoms with Gasteiger partial charge in [0.25, 0.3) is 5.91 Å². The molecule has 1 aromatic heterocycles. The highest BCUT2D eigenvalue weighted by Crippen LogP contribution is 2.33. The molecule has 0 bridgehead atoms. The molecule has 0 spiro atoms. The smallest absolute Gasteiger partial charge is 0.254 e. The molecule has 1 amide bonds. The number of hydrogen-bond acceptors (Lipinski definition) is 6. The second-order valence-electron chi connectivity index (χ2n) is 6.48. The molecule has 1 fully saturated rings. The van der Waals surface area contributed by atoms with Gasteiger partial charge in [-0.25, -0.2) is 8.42 Å². The van der Waals surface area contributed by atoms with E-state index in [0.717, 1.165) is 4.88 Å². The van der Waals surface area contributed by atoms with Crippen molar-refractivity contribution in [2.24, 2.45) is 0 Å². The van der Waals surface area contributed by atoms with Crippen LogP contribution in [-0.2, 0) is 9.84 Å². The molecule has 1 aliphatic heterocycles. The first kappa shape index (κ1) is 20.7. The van der Waals surface area contributed by atoms with Gasteiger partial charge < -0.3 is 14.4 Å². The number of thiophene rings is 1. The van der Waals surface area contributed by atoms with E-state index >= 15 is 0 Å². The molecule has 1 aliphatic rings. The van der Waals surface area contributed by atoms with Crippen LogP contribution >= 0.6 is 11.3 Å². The van der Waals surface area contributed by atoms with Gasteiger partial charge in [-0.05, 0) is 49.9 Å². The van der Waals surface area contributed by atoms with Gasteiger partial charge in [-0.15, -0.1) is 11.3 Å². The first-order valence-corrected chi connectivity index (χ1v) is 12.0. The minimum Gasteiger partial charge on any atom is -0.490 e. The van der Waals surface area contributed by atoms with E-state index in [0.29, 0.717) is 43.2 Å². The van der Waals surface area contributed by atoms with Gasteiger partial charge in [0.05, 0.1) is 24.2 Å². The predicted molar refractivity (Wildman–Crippen MR) is 110 cm³/mol. The monoisotopic (exact) mass is 423 g/mol. The van der Waals surface area contributed by atoms with E-state index in [1.807, 2.05) is 31.4 Å². The lowest BCUT2D eigenvalue weighted by Crippen LogP contribution is -2.33. The summed E-state index contributed by atoms with van der Waals surface area (Å²) in [5.41, 5.74) is 0.471. The number of sulfone groups is 1. The van der Waals surface area contributed by atoms with E-state index in [2.05, 4.69) is 0 Å². The van der Waals surface area contributed by atoms with Crippen molar-refractivity contribution >= 4 is 27.1 Å². The van der Waals surface area contributed by atoms with Crippen LogP contribution in [-0.4, -0.2) is 51.3 Å². The standard InChI is InChI=1S/C20H25NO5S2/c1-3-25-16-8-7-15(14-17(16)26-4-2)20(22)21-10-9-19(18-6-5-12-27-18)28(23,24)13-11-21/h5-8,12,14,19H,3-4,9-11,13H2,1-2H3. The minimum absolute atomic E-state index is 0.0311. The van der Waals surface area contributed by atoms with Crippen LogP contribution in [0.5, 0.6) is 11.5 Å². The average molecular weight is 424 g/mol. The van der Waals surface area contributed by atoms with Crippen LogP contribution in [0.2, 0.25) is 0 Å². The first-order chi connectivity index (χ1) is 13.5. The minimum atomic E-state index is -3.29. The van der Waals surface area contributed by atoms with E-state index in [4.69, 9.17) is 9.47 Å². The summed E-state index contributed by atoms with van der Waals surface area (Å²) in [5.74, 6) is 0.897. The molecular formula is C20H25NO5S2. The van der Waals surface area contributed by atoms with Crippen LogP contribution in [0, 0.1) is 0 Å². The largest absolute Gasteiger partial charge is 0.490 e. The maximum absolute atomic E-state index is 13.0. The molecular weight excluding hydrogens is 398 g/mol. The van der Waals surface area contributed by atoms with Crippen LogP contribution in [0.3, 0.4) is 0 Å². The summed E-state index contributed by atoms with van der Waals surface area (Å²) >= 11 is 1.45. The van der Waals surface area contributed by atoms with Crippen molar-refractivity contribution in [1.82, 2.24) is 4.90 Å². The number of benzene rings is 1. The zero-order valence-corrected chi connectivity index (χ0v) is 17.7. The van der Waals surface area contributed by atoms with Crippen molar-refractivity contribution in [3.63, 3.8) is 0 Å². The van der Waals surface area contributed by atoms with Crippen LogP contribution in [0.1, 0.15) is 40.8 Å². The number of ether oxygens (including phenoxy) is 2. The molecule has 1 aromatic carbocycles. The van der Waals surface area contributed by atoms with Crippen LogP contribution < -0.4 is 9.47 Å². The maximum atomic E-state index is 13.0. The van der Waals surface area contributed by atoms with Gasteiger partial charge in [-0.2, -0.15) is 0 Å². The van der Waals surface area contributed by atoms with Gasteiger partial charge in [-0.1, -0.05) is 6.07 Å². The molecule has 3 rings (SSSR count). The molecule has 0 saturated carbocycles. The summed E-state index contributed by atoms with van der Waals surface area (Å²) in [6.07, 6.45) is 0.407. The summed E-state index contributed by atoms with van der Waals surface area (Å²) in [6, 6.07) is 8.81. The molecule has 28 heavy (non-hydrogen) atoms. The summed E-state index contributed by atoms with van der Waals surface area (Å²) in [5, 5.41) is 1.35. The fourth-order valence-corrected chi connectivity index (χ4v) is 6.31. The highest BCUT2D eigenvalue weighted by molar-refractivity contribution is 7.91. The van der Waals surface area contributed by atoms with Crippen LogP contribution in [0.25, 0.3) is 0 Å². The molecule has 1 saturated heterocycles. The topological polar surface area (TPSA) is 72.9 Å². The van der Waals surface area contributed by atoms with E-state index in [1.165, 1.54) is 11.3 Å². The molecule has 0 N–H and O–H groups in total. The van der Waals surface area contributed by atoms with Crippen molar-refractivity contribution in [1.29, 1.82) is 0 Å². The molecule has 0 aliphatic carbocycles. The van der Waals surface area contributed by atoms with Crippen molar-refractivity contribution < 1.29 is 22.7 Å². The quantitative estimate of drug-likeness (QED) is 0.710. The van der Waals surface area contributed by atoms with E-state index < -0.39 is 15.1 Å². The number of carbonyl (C=O) groups is 1. The lowest BCUT2D eigenvalue weighted by Gasteiger charge is -2.21. The summed E-state index contributed by atoms with van der Waals surface area (Å²) in [7, 11) is -3.29. The van der Waals surface area contributed by atoms with Crippen molar-refractivity contribution in [2.45, 2.75) is 25.5 Å². The summed E-state index contributed by atoms with van der Waals surface area (Å²) in [4.78, 5) is 15.5. The Morgan fingerprint density at radius 3 is 2.57 bits per heavy atom. The lowest BCUT2D eigenvalue weighted by molar-refractivity contribution is 0.0766. The SMILES string of the molecule is CCOc1ccc(C(=O)N2CCC(c3cccs3)S(=O)(=O)CC2)cc1OCC. The Kier molecular flexibility index (Phi) is 6.61. The van der Waals surface area contributed by atoms with Gasteiger partial charge in [0, 0.05) is 23.5 Å². The predicted octanol–water partition coefficient (Wildman–Crippen LogP) is 3.55. The molecule has 8 heteroatoms. The highest BCUT2D eigenvalue weighted by Gasteiger charge is 2.33. The zero-order chi connectivity index (χ0) is 20.1. The third-order valence-electron chi connectivity index (χ3n) is 4.68. The van der Waals surface area contributed by atoms with Gasteiger partial charge in [-0.3, -0.25) is 4.79 Å². The Bertz CT molecular complexity index is 909. The fourth-order valence-electron chi connectivity index (χ4n) is 3.31. The van der Waals surface area contributed by atoms with Gasteiger partial charge >= 0.3 is 0 Å². The summed E-state index contributed by atoms with van der Waals surface area (Å²) < 4.78 is 36.5. The third-order valence-corrected chi connectivity index (χ3v) is 7.92. The van der Waals surface area contributed by atoms with E-state index in [1.54, 1.807) is 23.1 Å². The lowest BCUT2D eigenvalue weighted by atomic mass is 10.1.